The summed E-state index contributed by atoms with van der Waals surface area (Å²) in [7, 11) is -2.02. The van der Waals surface area contributed by atoms with Crippen LogP contribution in [0.25, 0.3) is 0 Å². The number of ether oxygens (including phenoxy) is 2. The number of carbonyl (C=O) groups excluding carboxylic acids is 2. The van der Waals surface area contributed by atoms with Gasteiger partial charge in [0.05, 0.1) is 14.2 Å². The lowest BCUT2D eigenvalue weighted by molar-refractivity contribution is 0.0596. The lowest BCUT2D eigenvalue weighted by atomic mass is 10.3. The van der Waals surface area contributed by atoms with Crippen molar-refractivity contribution in [2.24, 2.45) is 0 Å². The van der Waals surface area contributed by atoms with E-state index in [0.717, 1.165) is 19.6 Å². The molecular weight excluding hydrogens is 358 g/mol. The van der Waals surface area contributed by atoms with Gasteiger partial charge in [0.15, 0.2) is 0 Å². The Morgan fingerprint density at radius 3 is 2.52 bits per heavy atom. The number of furan rings is 1. The molecule has 2 heterocycles. The number of sulfonamides is 1. The molecule has 2 aromatic heterocycles. The minimum atomic E-state index is -4.41. The van der Waals surface area contributed by atoms with Crippen molar-refractivity contribution in [3.8, 4) is 6.01 Å². The number of urea groups is 1. The number of nitrogens with zero attached hydrogens (tertiary/aromatic N) is 3. The molecule has 2 rings (SSSR count). The Kier molecular flexibility index (Phi) is 5.17. The average molecular weight is 371 g/mol. The molecule has 0 aliphatic heterocycles. The molecule has 0 unspecified atom stereocenters. The second-order valence-corrected chi connectivity index (χ2v) is 6.04. The summed E-state index contributed by atoms with van der Waals surface area (Å²) in [6.45, 7) is 1.53. The van der Waals surface area contributed by atoms with Crippen molar-refractivity contribution in [1.82, 2.24) is 19.7 Å². The molecule has 0 saturated heterocycles. The molecule has 0 aromatic carbocycles. The third kappa shape index (κ3) is 4.20. The summed E-state index contributed by atoms with van der Waals surface area (Å²) in [6, 6.07) is -1.22. The molecule has 13 heteroatoms. The Morgan fingerprint density at radius 1 is 1.16 bits per heavy atom. The van der Waals surface area contributed by atoms with E-state index < -0.39 is 26.9 Å². The molecule has 0 spiro atoms. The summed E-state index contributed by atoms with van der Waals surface area (Å²) >= 11 is 0. The monoisotopic (exact) mass is 371 g/mol. The number of aromatic nitrogens is 3. The fourth-order valence-electron chi connectivity index (χ4n) is 1.66. The molecule has 0 aliphatic carbocycles. The van der Waals surface area contributed by atoms with Crippen LogP contribution in [0.1, 0.15) is 16.2 Å². The van der Waals surface area contributed by atoms with Crippen molar-refractivity contribution in [2.45, 2.75) is 11.8 Å². The molecule has 0 aliphatic rings. The Bertz CT molecular complexity index is 908. The predicted octanol–water partition coefficient (Wildman–Crippen LogP) is 0.0786. The molecule has 0 saturated carbocycles. The van der Waals surface area contributed by atoms with Crippen LogP contribution in [0.5, 0.6) is 6.01 Å². The number of aryl methyl sites for hydroxylation is 1. The van der Waals surface area contributed by atoms with Crippen LogP contribution in [0.2, 0.25) is 0 Å². The van der Waals surface area contributed by atoms with Crippen LogP contribution < -0.4 is 14.8 Å². The maximum absolute atomic E-state index is 12.2. The molecule has 12 nitrogen and oxygen atoms in total. The highest BCUT2D eigenvalue weighted by Crippen LogP contribution is 2.18. The van der Waals surface area contributed by atoms with Crippen LogP contribution in [0.15, 0.2) is 21.8 Å². The molecule has 134 valence electrons. The number of anilines is 1. The van der Waals surface area contributed by atoms with Crippen LogP contribution in [-0.4, -0.2) is 49.6 Å². The van der Waals surface area contributed by atoms with Crippen LogP contribution in [0, 0.1) is 6.92 Å². The van der Waals surface area contributed by atoms with E-state index in [0.29, 0.717) is 0 Å². The molecule has 2 amide bonds. The zero-order valence-electron chi connectivity index (χ0n) is 13.3. The van der Waals surface area contributed by atoms with Gasteiger partial charge in [-0.2, -0.15) is 15.0 Å². The van der Waals surface area contributed by atoms with Gasteiger partial charge in [0.2, 0.25) is 5.95 Å². The Hall–Kier alpha value is -3.22. The summed E-state index contributed by atoms with van der Waals surface area (Å²) in [4.78, 5) is 34.2. The summed E-state index contributed by atoms with van der Waals surface area (Å²) in [5.74, 6) is -0.919. The van der Waals surface area contributed by atoms with Crippen molar-refractivity contribution < 1.29 is 31.9 Å². The van der Waals surface area contributed by atoms with E-state index in [1.54, 1.807) is 4.72 Å². The van der Waals surface area contributed by atoms with Gasteiger partial charge in [0.25, 0.3) is 10.0 Å². The fourth-order valence-corrected chi connectivity index (χ4v) is 2.67. The SMILES string of the molecule is COC(=O)c1cocc1S(=O)(=O)NC(=O)Nc1nc(C)nc(OC)n1. The van der Waals surface area contributed by atoms with E-state index in [-0.39, 0.29) is 23.3 Å². The third-order valence-corrected chi connectivity index (χ3v) is 4.03. The van der Waals surface area contributed by atoms with E-state index in [2.05, 4.69) is 25.0 Å². The topological polar surface area (TPSA) is 163 Å². The lowest BCUT2D eigenvalue weighted by Crippen LogP contribution is -2.35. The van der Waals surface area contributed by atoms with E-state index >= 15 is 0 Å². The van der Waals surface area contributed by atoms with Crippen molar-refractivity contribution in [3.63, 3.8) is 0 Å². The first-order valence-electron chi connectivity index (χ1n) is 6.51. The Morgan fingerprint density at radius 2 is 1.88 bits per heavy atom. The Labute approximate surface area is 141 Å². The van der Waals surface area contributed by atoms with Crippen LogP contribution in [-0.2, 0) is 14.8 Å². The maximum Gasteiger partial charge on any atom is 0.342 e. The number of amides is 2. The van der Waals surface area contributed by atoms with Gasteiger partial charge in [-0.1, -0.05) is 0 Å². The van der Waals surface area contributed by atoms with Gasteiger partial charge in [-0.25, -0.2) is 22.7 Å². The molecule has 0 bridgehead atoms. The number of rotatable bonds is 5. The van der Waals surface area contributed by atoms with Crippen LogP contribution in [0.4, 0.5) is 10.7 Å². The fraction of sp³-hybridized carbons (Fsp3) is 0.250. The van der Waals surface area contributed by atoms with Crippen molar-refractivity contribution >= 4 is 28.0 Å². The second kappa shape index (κ2) is 7.12. The normalized spacial score (nSPS) is 10.8. The third-order valence-electron chi connectivity index (χ3n) is 2.68. The van der Waals surface area contributed by atoms with Crippen molar-refractivity contribution in [2.75, 3.05) is 19.5 Å². The number of carbonyl (C=O) groups is 2. The molecule has 0 fully saturated rings. The van der Waals surface area contributed by atoms with Gasteiger partial charge in [-0.05, 0) is 6.92 Å². The zero-order chi connectivity index (χ0) is 18.6. The average Bonchev–Trinajstić information content (AvgIpc) is 3.03. The quantitative estimate of drug-likeness (QED) is 0.688. The first-order chi connectivity index (χ1) is 11.8. The minimum Gasteiger partial charge on any atom is -0.470 e. The molecular formula is C12H13N5O7S. The Balaban J connectivity index is 2.19. The van der Waals surface area contributed by atoms with E-state index in [1.807, 2.05) is 0 Å². The zero-order valence-corrected chi connectivity index (χ0v) is 14.1. The van der Waals surface area contributed by atoms with E-state index in [4.69, 9.17) is 9.15 Å². The van der Waals surface area contributed by atoms with Gasteiger partial charge in [-0.15, -0.1) is 0 Å². The van der Waals surface area contributed by atoms with E-state index in [1.165, 1.54) is 14.0 Å². The lowest BCUT2D eigenvalue weighted by Gasteiger charge is -2.08. The largest absolute Gasteiger partial charge is 0.470 e. The van der Waals surface area contributed by atoms with Crippen molar-refractivity contribution in [3.05, 3.63) is 23.9 Å². The highest BCUT2D eigenvalue weighted by Gasteiger charge is 2.27. The molecule has 2 aromatic rings. The number of hydrogen-bond donors (Lipinski definition) is 2. The number of methoxy groups -OCH3 is 2. The first kappa shape index (κ1) is 18.1. The summed E-state index contributed by atoms with van der Waals surface area (Å²) < 4.78 is 40.1. The van der Waals surface area contributed by atoms with Crippen LogP contribution in [0.3, 0.4) is 0 Å². The van der Waals surface area contributed by atoms with Gasteiger partial charge in [-0.3, -0.25) is 5.32 Å². The molecule has 0 atom stereocenters. The van der Waals surface area contributed by atoms with Crippen molar-refractivity contribution in [1.29, 1.82) is 0 Å². The predicted molar refractivity (Wildman–Crippen MR) is 80.5 cm³/mol. The first-order valence-corrected chi connectivity index (χ1v) is 8.00. The number of nitrogens with one attached hydrogen (secondary N) is 2. The maximum atomic E-state index is 12.2. The smallest absolute Gasteiger partial charge is 0.342 e. The second-order valence-electron chi connectivity index (χ2n) is 4.39. The molecule has 0 radical (unpaired) electrons. The highest BCUT2D eigenvalue weighted by molar-refractivity contribution is 7.90. The molecule has 2 N–H and O–H groups in total. The standard InChI is InChI=1S/C12H13N5O7S/c1-6-13-10(16-12(14-6)23-3)15-11(19)17-25(20,21)8-5-24-4-7(8)9(18)22-2/h4-5H,1-3H3,(H2,13,14,15,16,17,19). The highest BCUT2D eigenvalue weighted by atomic mass is 32.2. The van der Waals surface area contributed by atoms with Gasteiger partial charge in [0, 0.05) is 0 Å². The number of hydrogen-bond acceptors (Lipinski definition) is 10. The van der Waals surface area contributed by atoms with Crippen LogP contribution >= 0.6 is 0 Å². The van der Waals surface area contributed by atoms with Gasteiger partial charge in [0.1, 0.15) is 28.8 Å². The van der Waals surface area contributed by atoms with Gasteiger partial charge >= 0.3 is 18.0 Å². The van der Waals surface area contributed by atoms with E-state index in [9.17, 15) is 18.0 Å². The minimum absolute atomic E-state index is 0.0616. The van der Waals surface area contributed by atoms with Gasteiger partial charge < -0.3 is 13.9 Å². The summed E-state index contributed by atoms with van der Waals surface area (Å²) in [5.41, 5.74) is -0.361. The number of esters is 1. The molecule has 25 heavy (non-hydrogen) atoms. The summed E-state index contributed by atoms with van der Waals surface area (Å²) in [5, 5.41) is 2.12. The summed E-state index contributed by atoms with van der Waals surface area (Å²) in [6.07, 6.45) is 1.68.